The molecule has 0 saturated heterocycles. The van der Waals surface area contributed by atoms with E-state index in [0.717, 1.165) is 12.8 Å². The summed E-state index contributed by atoms with van der Waals surface area (Å²) in [5, 5.41) is 10.4. The van der Waals surface area contributed by atoms with Crippen LogP contribution in [0.15, 0.2) is 28.2 Å². The Morgan fingerprint density at radius 2 is 2.26 bits per heavy atom. The van der Waals surface area contributed by atoms with Crippen LogP contribution in [0.4, 0.5) is 0 Å². The summed E-state index contributed by atoms with van der Waals surface area (Å²) in [6, 6.07) is 3.19. The van der Waals surface area contributed by atoms with Crippen molar-refractivity contribution in [3.63, 3.8) is 0 Å². The molecule has 0 fully saturated rings. The third-order valence-electron chi connectivity index (χ3n) is 3.58. The van der Waals surface area contributed by atoms with E-state index in [1.54, 1.807) is 12.1 Å². The lowest BCUT2D eigenvalue weighted by Gasteiger charge is -2.28. The number of allylic oxidation sites excluding steroid dienone is 2. The Hall–Kier alpha value is -1.55. The molecule has 1 aliphatic rings. The highest BCUT2D eigenvalue weighted by molar-refractivity contribution is 5.86. The predicted molar refractivity (Wildman–Crippen MR) is 70.7 cm³/mol. The van der Waals surface area contributed by atoms with Gasteiger partial charge < -0.3 is 14.3 Å². The van der Waals surface area contributed by atoms with Gasteiger partial charge in [0, 0.05) is 0 Å². The zero-order valence-electron chi connectivity index (χ0n) is 11.6. The molecule has 1 aromatic heterocycles. The monoisotopic (exact) mass is 264 g/mol. The van der Waals surface area contributed by atoms with Gasteiger partial charge >= 0.3 is 5.97 Å². The second-order valence-corrected chi connectivity index (χ2v) is 5.33. The van der Waals surface area contributed by atoms with Crippen molar-refractivity contribution in [3.8, 4) is 0 Å². The molecule has 19 heavy (non-hydrogen) atoms. The Balaban J connectivity index is 2.11. The van der Waals surface area contributed by atoms with Crippen molar-refractivity contribution < 1.29 is 19.1 Å². The first kappa shape index (κ1) is 13.9. The zero-order valence-corrected chi connectivity index (χ0v) is 11.6. The van der Waals surface area contributed by atoms with Crippen LogP contribution in [0, 0.1) is 11.8 Å². The van der Waals surface area contributed by atoms with E-state index in [4.69, 9.17) is 4.42 Å². The second kappa shape index (κ2) is 5.61. The number of aliphatic hydroxyl groups is 1. The first-order valence-electron chi connectivity index (χ1n) is 6.54. The number of rotatable bonds is 3. The van der Waals surface area contributed by atoms with E-state index in [9.17, 15) is 9.90 Å². The minimum atomic E-state index is -0.676. The van der Waals surface area contributed by atoms with Gasteiger partial charge in [-0.1, -0.05) is 18.6 Å². The third-order valence-corrected chi connectivity index (χ3v) is 3.58. The normalized spacial score (nSPS) is 24.7. The highest BCUT2D eigenvalue weighted by atomic mass is 16.5. The summed E-state index contributed by atoms with van der Waals surface area (Å²) in [4.78, 5) is 11.3. The number of carbonyl (C=O) groups is 1. The first-order valence-corrected chi connectivity index (χ1v) is 6.54. The molecule has 0 radical (unpaired) electrons. The Kier molecular flexibility index (Phi) is 4.10. The average molecular weight is 264 g/mol. The largest absolute Gasteiger partial charge is 0.463 e. The quantitative estimate of drug-likeness (QED) is 0.673. The van der Waals surface area contributed by atoms with Crippen LogP contribution < -0.4 is 0 Å². The molecule has 0 spiro atoms. The average Bonchev–Trinajstić information content (AvgIpc) is 2.85. The number of methoxy groups -OCH3 is 1. The molecule has 0 amide bonds. The van der Waals surface area contributed by atoms with Crippen molar-refractivity contribution in [3.05, 3.63) is 35.3 Å². The summed E-state index contributed by atoms with van der Waals surface area (Å²) in [6.45, 7) is 4.22. The molecule has 0 aromatic carbocycles. The molecule has 1 N–H and O–H groups in total. The maximum absolute atomic E-state index is 11.3. The molecule has 3 unspecified atom stereocenters. The van der Waals surface area contributed by atoms with Gasteiger partial charge in [0.25, 0.3) is 0 Å². The van der Waals surface area contributed by atoms with Crippen LogP contribution in [0.2, 0.25) is 0 Å². The summed E-state index contributed by atoms with van der Waals surface area (Å²) < 4.78 is 9.96. The van der Waals surface area contributed by atoms with Crippen molar-refractivity contribution in [1.82, 2.24) is 0 Å². The second-order valence-electron chi connectivity index (χ2n) is 5.33. The van der Waals surface area contributed by atoms with E-state index in [1.807, 2.05) is 0 Å². The fourth-order valence-electron chi connectivity index (χ4n) is 2.79. The van der Waals surface area contributed by atoms with E-state index >= 15 is 0 Å². The molecule has 0 aliphatic heterocycles. The van der Waals surface area contributed by atoms with Crippen molar-refractivity contribution in [2.24, 2.45) is 11.8 Å². The molecule has 1 heterocycles. The molecule has 4 heteroatoms. The standard InChI is InChI=1S/C15H20O4/c1-9-6-10(2)8-11(7-9)14(16)12-4-5-13(19-12)15(17)18-3/h4-6,9,11,14,16H,7-8H2,1-3H3. The number of ether oxygens (including phenoxy) is 1. The van der Waals surface area contributed by atoms with Gasteiger partial charge in [0.2, 0.25) is 5.76 Å². The lowest BCUT2D eigenvalue weighted by molar-refractivity contribution is 0.0521. The summed E-state index contributed by atoms with van der Waals surface area (Å²) in [6.07, 6.45) is 3.35. The molecular weight excluding hydrogens is 244 g/mol. The van der Waals surface area contributed by atoms with Crippen molar-refractivity contribution in [2.75, 3.05) is 7.11 Å². The maximum atomic E-state index is 11.3. The van der Waals surface area contributed by atoms with E-state index in [-0.39, 0.29) is 11.7 Å². The van der Waals surface area contributed by atoms with Crippen molar-refractivity contribution in [1.29, 1.82) is 0 Å². The molecule has 3 atom stereocenters. The Morgan fingerprint density at radius 3 is 2.89 bits per heavy atom. The molecular formula is C15H20O4. The van der Waals surface area contributed by atoms with Crippen LogP contribution in [0.1, 0.15) is 49.1 Å². The van der Waals surface area contributed by atoms with E-state index in [2.05, 4.69) is 24.7 Å². The highest BCUT2D eigenvalue weighted by Gasteiger charge is 2.28. The molecule has 2 rings (SSSR count). The Labute approximate surface area is 113 Å². The van der Waals surface area contributed by atoms with Gasteiger partial charge in [-0.05, 0) is 43.7 Å². The Morgan fingerprint density at radius 1 is 1.53 bits per heavy atom. The van der Waals surface area contributed by atoms with Crippen LogP contribution in [0.5, 0.6) is 0 Å². The number of aliphatic hydroxyl groups excluding tert-OH is 1. The Bertz CT molecular complexity index is 486. The zero-order chi connectivity index (χ0) is 14.0. The summed E-state index contributed by atoms with van der Waals surface area (Å²) in [5.41, 5.74) is 1.29. The van der Waals surface area contributed by atoms with Gasteiger partial charge in [-0.2, -0.15) is 0 Å². The minimum Gasteiger partial charge on any atom is -0.463 e. The third kappa shape index (κ3) is 3.07. The van der Waals surface area contributed by atoms with Gasteiger partial charge in [-0.15, -0.1) is 0 Å². The minimum absolute atomic E-state index is 0.132. The summed E-state index contributed by atoms with van der Waals surface area (Å²) in [5.74, 6) is 0.645. The number of hydrogen-bond donors (Lipinski definition) is 1. The summed E-state index contributed by atoms with van der Waals surface area (Å²) in [7, 11) is 1.30. The fraction of sp³-hybridized carbons (Fsp3) is 0.533. The lowest BCUT2D eigenvalue weighted by Crippen LogP contribution is -2.19. The van der Waals surface area contributed by atoms with Crippen LogP contribution in [-0.2, 0) is 4.74 Å². The fourth-order valence-corrected chi connectivity index (χ4v) is 2.79. The molecule has 0 saturated carbocycles. The number of esters is 1. The van der Waals surface area contributed by atoms with Crippen molar-refractivity contribution in [2.45, 2.75) is 32.8 Å². The van der Waals surface area contributed by atoms with Crippen LogP contribution >= 0.6 is 0 Å². The van der Waals surface area contributed by atoms with Gasteiger partial charge in [0.15, 0.2) is 0 Å². The number of hydrogen-bond acceptors (Lipinski definition) is 4. The maximum Gasteiger partial charge on any atom is 0.373 e. The van der Waals surface area contributed by atoms with E-state index < -0.39 is 12.1 Å². The SMILES string of the molecule is COC(=O)c1ccc(C(O)C2CC(C)=CC(C)C2)o1. The number of carbonyl (C=O) groups excluding carboxylic acids is 1. The molecule has 104 valence electrons. The molecule has 1 aromatic rings. The number of furan rings is 1. The van der Waals surface area contributed by atoms with Crippen molar-refractivity contribution >= 4 is 5.97 Å². The van der Waals surface area contributed by atoms with Gasteiger partial charge in [-0.3, -0.25) is 0 Å². The van der Waals surface area contributed by atoms with Gasteiger partial charge in [0.05, 0.1) is 7.11 Å². The molecule has 4 nitrogen and oxygen atoms in total. The van der Waals surface area contributed by atoms with E-state index in [1.165, 1.54) is 12.7 Å². The van der Waals surface area contributed by atoms with Gasteiger partial charge in [0.1, 0.15) is 11.9 Å². The van der Waals surface area contributed by atoms with Gasteiger partial charge in [-0.25, -0.2) is 4.79 Å². The van der Waals surface area contributed by atoms with Crippen LogP contribution in [0.3, 0.4) is 0 Å². The predicted octanol–water partition coefficient (Wildman–Crippen LogP) is 3.09. The molecule has 1 aliphatic carbocycles. The lowest BCUT2D eigenvalue weighted by atomic mass is 9.80. The topological polar surface area (TPSA) is 59.7 Å². The first-order chi connectivity index (χ1) is 9.01. The van der Waals surface area contributed by atoms with Crippen LogP contribution in [-0.4, -0.2) is 18.2 Å². The molecule has 0 bridgehead atoms. The highest BCUT2D eigenvalue weighted by Crippen LogP contribution is 2.37. The van der Waals surface area contributed by atoms with Crippen LogP contribution in [0.25, 0.3) is 0 Å². The van der Waals surface area contributed by atoms with E-state index in [0.29, 0.717) is 11.7 Å². The smallest absolute Gasteiger partial charge is 0.373 e. The summed E-state index contributed by atoms with van der Waals surface area (Å²) >= 11 is 0.